The molecule has 0 amide bonds. The highest BCUT2D eigenvalue weighted by Crippen LogP contribution is 2.24. The highest BCUT2D eigenvalue weighted by molar-refractivity contribution is 14.1. The highest BCUT2D eigenvalue weighted by atomic mass is 127. The van der Waals surface area contributed by atoms with Gasteiger partial charge < -0.3 is 4.98 Å². The van der Waals surface area contributed by atoms with Crippen LogP contribution >= 0.6 is 22.6 Å². The molecule has 2 aromatic heterocycles. The van der Waals surface area contributed by atoms with Gasteiger partial charge in [-0.2, -0.15) is 0 Å². The zero-order valence-electron chi connectivity index (χ0n) is 8.48. The maximum absolute atomic E-state index is 13.0. The second-order valence-electron chi connectivity index (χ2n) is 3.47. The predicted molar refractivity (Wildman–Crippen MR) is 69.8 cm³/mol. The molecule has 1 N–H and O–H groups in total. The fourth-order valence-corrected chi connectivity index (χ4v) is 2.30. The first kappa shape index (κ1) is 10.6. The maximum Gasteiger partial charge on any atom is 0.181 e. The lowest BCUT2D eigenvalue weighted by Gasteiger charge is -1.99. The van der Waals surface area contributed by atoms with Crippen LogP contribution in [0.25, 0.3) is 22.6 Å². The van der Waals surface area contributed by atoms with E-state index < -0.39 is 0 Å². The zero-order valence-corrected chi connectivity index (χ0v) is 10.6. The average Bonchev–Trinajstić information content (AvgIpc) is 2.72. The van der Waals surface area contributed by atoms with E-state index in [1.807, 2.05) is 0 Å². The van der Waals surface area contributed by atoms with Crippen LogP contribution in [-0.4, -0.2) is 19.9 Å². The molecule has 0 fully saturated rings. The molecular formula is C11H6FIN4. The van der Waals surface area contributed by atoms with E-state index >= 15 is 0 Å². The van der Waals surface area contributed by atoms with Crippen molar-refractivity contribution < 1.29 is 4.39 Å². The lowest BCUT2D eigenvalue weighted by Crippen LogP contribution is -1.86. The van der Waals surface area contributed by atoms with Gasteiger partial charge in [0.2, 0.25) is 0 Å². The minimum atomic E-state index is -0.256. The Balaban J connectivity index is 2.20. The maximum atomic E-state index is 13.0. The number of hydrogen-bond acceptors (Lipinski definition) is 3. The van der Waals surface area contributed by atoms with E-state index in [4.69, 9.17) is 0 Å². The summed E-state index contributed by atoms with van der Waals surface area (Å²) in [4.78, 5) is 15.4. The Morgan fingerprint density at radius 2 is 2.18 bits per heavy atom. The minimum absolute atomic E-state index is 0.256. The number of nitrogens with zero attached hydrogens (tertiary/aromatic N) is 3. The van der Waals surface area contributed by atoms with Crippen LogP contribution in [0.1, 0.15) is 0 Å². The molecule has 3 rings (SSSR count). The molecule has 0 spiro atoms. The van der Waals surface area contributed by atoms with Gasteiger partial charge in [-0.25, -0.2) is 19.3 Å². The topological polar surface area (TPSA) is 54.5 Å². The van der Waals surface area contributed by atoms with Gasteiger partial charge in [0, 0.05) is 9.13 Å². The van der Waals surface area contributed by atoms with Crippen LogP contribution in [0.5, 0.6) is 0 Å². The molecule has 6 heteroatoms. The van der Waals surface area contributed by atoms with Gasteiger partial charge in [0.05, 0.1) is 6.20 Å². The number of aromatic nitrogens is 4. The van der Waals surface area contributed by atoms with E-state index in [1.54, 1.807) is 12.3 Å². The van der Waals surface area contributed by atoms with Crippen LogP contribution in [-0.2, 0) is 0 Å². The Bertz CT molecular complexity index is 662. The number of rotatable bonds is 1. The number of aromatic amines is 1. The summed E-state index contributed by atoms with van der Waals surface area (Å²) in [5, 5.41) is 0. The molecule has 4 nitrogen and oxygen atoms in total. The molecule has 0 aliphatic carbocycles. The van der Waals surface area contributed by atoms with Crippen molar-refractivity contribution in [3.05, 3.63) is 40.1 Å². The molecule has 0 radical (unpaired) electrons. The summed E-state index contributed by atoms with van der Waals surface area (Å²) in [6.45, 7) is 0. The van der Waals surface area contributed by atoms with Gasteiger partial charge in [-0.1, -0.05) is 0 Å². The summed E-state index contributed by atoms with van der Waals surface area (Å²) < 4.78 is 13.8. The Morgan fingerprint density at radius 1 is 1.29 bits per heavy atom. The van der Waals surface area contributed by atoms with Crippen molar-refractivity contribution in [2.24, 2.45) is 0 Å². The largest absolute Gasteiger partial charge is 0.335 e. The highest BCUT2D eigenvalue weighted by Gasteiger charge is 2.09. The van der Waals surface area contributed by atoms with Gasteiger partial charge in [0.25, 0.3) is 0 Å². The molecule has 84 valence electrons. The van der Waals surface area contributed by atoms with E-state index in [2.05, 4.69) is 42.5 Å². The fraction of sp³-hybridized carbons (Fsp3) is 0. The monoisotopic (exact) mass is 340 g/mol. The second kappa shape index (κ2) is 4.02. The minimum Gasteiger partial charge on any atom is -0.335 e. The lowest BCUT2D eigenvalue weighted by atomic mass is 10.2. The van der Waals surface area contributed by atoms with Crippen LogP contribution < -0.4 is 0 Å². The molecule has 0 bridgehead atoms. The zero-order chi connectivity index (χ0) is 11.8. The second-order valence-corrected chi connectivity index (χ2v) is 4.63. The van der Waals surface area contributed by atoms with E-state index in [1.165, 1.54) is 18.5 Å². The quantitative estimate of drug-likeness (QED) is 0.693. The van der Waals surface area contributed by atoms with E-state index in [-0.39, 0.29) is 5.82 Å². The van der Waals surface area contributed by atoms with Gasteiger partial charge in [-0.15, -0.1) is 0 Å². The number of imidazole rings is 1. The van der Waals surface area contributed by atoms with Gasteiger partial charge >= 0.3 is 0 Å². The Kier molecular flexibility index (Phi) is 2.50. The van der Waals surface area contributed by atoms with Crippen molar-refractivity contribution in [2.45, 2.75) is 0 Å². The van der Waals surface area contributed by atoms with Gasteiger partial charge in [-0.05, 0) is 40.8 Å². The fourth-order valence-electron chi connectivity index (χ4n) is 1.57. The molecule has 3 aromatic rings. The van der Waals surface area contributed by atoms with Gasteiger partial charge in [-0.3, -0.25) is 0 Å². The SMILES string of the molecule is Fc1ccc(-c2nc3ncncc3[nH]2)c(I)c1. The number of hydrogen-bond donors (Lipinski definition) is 1. The van der Waals surface area contributed by atoms with Gasteiger partial charge in [0.1, 0.15) is 23.5 Å². The molecule has 0 unspecified atom stereocenters. The van der Waals surface area contributed by atoms with Crippen LogP contribution in [0.4, 0.5) is 4.39 Å². The van der Waals surface area contributed by atoms with Crippen LogP contribution in [0.15, 0.2) is 30.7 Å². The molecule has 2 heterocycles. The van der Waals surface area contributed by atoms with Crippen LogP contribution in [0.3, 0.4) is 0 Å². The summed E-state index contributed by atoms with van der Waals surface area (Å²) >= 11 is 2.08. The van der Waals surface area contributed by atoms with Crippen molar-refractivity contribution in [1.29, 1.82) is 0 Å². The summed E-state index contributed by atoms with van der Waals surface area (Å²) in [6.07, 6.45) is 3.11. The van der Waals surface area contributed by atoms with E-state index in [9.17, 15) is 4.39 Å². The average molecular weight is 340 g/mol. The number of H-pyrrole nitrogens is 1. The molecule has 1 aromatic carbocycles. The van der Waals surface area contributed by atoms with Crippen molar-refractivity contribution in [1.82, 2.24) is 19.9 Å². The third-order valence-electron chi connectivity index (χ3n) is 2.35. The van der Waals surface area contributed by atoms with Crippen LogP contribution in [0.2, 0.25) is 0 Å². The number of nitrogens with one attached hydrogen (secondary N) is 1. The molecule has 0 atom stereocenters. The van der Waals surface area contributed by atoms with Crippen LogP contribution in [0, 0.1) is 9.39 Å². The molecule has 0 aliphatic rings. The first-order valence-corrected chi connectivity index (χ1v) is 5.93. The van der Waals surface area contributed by atoms with Gasteiger partial charge in [0.15, 0.2) is 5.65 Å². The molecular weight excluding hydrogens is 334 g/mol. The standard InChI is InChI=1S/C11H6FIN4/c12-6-1-2-7(8(13)3-6)10-16-9-4-14-5-15-11(9)17-10/h1-5H,(H,14,15,16,17). The summed E-state index contributed by atoms with van der Waals surface area (Å²) in [7, 11) is 0. The molecule has 0 saturated heterocycles. The normalized spacial score (nSPS) is 10.9. The third kappa shape index (κ3) is 1.88. The first-order valence-electron chi connectivity index (χ1n) is 4.85. The lowest BCUT2D eigenvalue weighted by molar-refractivity contribution is 0.627. The molecule has 0 aliphatic heterocycles. The first-order chi connectivity index (χ1) is 8.24. The summed E-state index contributed by atoms with van der Waals surface area (Å²) in [6, 6.07) is 4.58. The Hall–Kier alpha value is -1.57. The van der Waals surface area contributed by atoms with Crippen molar-refractivity contribution >= 4 is 33.8 Å². The van der Waals surface area contributed by atoms with Crippen molar-refractivity contribution in [2.75, 3.05) is 0 Å². The van der Waals surface area contributed by atoms with E-state index in [0.717, 1.165) is 14.7 Å². The third-order valence-corrected chi connectivity index (χ3v) is 3.24. The number of benzene rings is 1. The van der Waals surface area contributed by atoms with E-state index in [0.29, 0.717) is 11.5 Å². The summed E-state index contributed by atoms with van der Waals surface area (Å²) in [5.41, 5.74) is 2.22. The number of fused-ring (bicyclic) bond motifs is 1. The van der Waals surface area contributed by atoms with Crippen molar-refractivity contribution in [3.8, 4) is 11.4 Å². The Labute approximate surface area is 109 Å². The van der Waals surface area contributed by atoms with Crippen molar-refractivity contribution in [3.63, 3.8) is 0 Å². The molecule has 0 saturated carbocycles. The summed E-state index contributed by atoms with van der Waals surface area (Å²) in [5.74, 6) is 0.416. The number of halogens is 2. The molecule has 17 heavy (non-hydrogen) atoms. The Morgan fingerprint density at radius 3 is 2.94 bits per heavy atom. The predicted octanol–water partition coefficient (Wildman–Crippen LogP) is 2.76. The smallest absolute Gasteiger partial charge is 0.181 e.